The number of ether oxygens (including phenoxy) is 1. The third-order valence-corrected chi connectivity index (χ3v) is 1.43. The number of hydrogen-bond acceptors (Lipinski definition) is 4. The van der Waals surface area contributed by atoms with E-state index in [0.717, 1.165) is 0 Å². The molecule has 1 aliphatic rings. The molecule has 1 atom stereocenters. The van der Waals surface area contributed by atoms with Crippen molar-refractivity contribution in [1.29, 1.82) is 0 Å². The Bertz CT molecular complexity index is 181. The second-order valence-electron chi connectivity index (χ2n) is 2.34. The van der Waals surface area contributed by atoms with Crippen LogP contribution in [0.5, 0.6) is 0 Å². The molecule has 62 valence electrons. The van der Waals surface area contributed by atoms with Crippen molar-refractivity contribution < 1.29 is 14.3 Å². The van der Waals surface area contributed by atoms with E-state index in [2.05, 4.69) is 10.1 Å². The number of hydrogen-bond donors (Lipinski definition) is 2. The van der Waals surface area contributed by atoms with Crippen LogP contribution in [0.4, 0.5) is 0 Å². The Kier molecular flexibility index (Phi) is 2.43. The van der Waals surface area contributed by atoms with Gasteiger partial charge in [0.1, 0.15) is 12.6 Å². The Morgan fingerprint density at radius 3 is 3.09 bits per heavy atom. The molecule has 1 fully saturated rings. The number of primary amides is 1. The van der Waals surface area contributed by atoms with Gasteiger partial charge in [-0.25, -0.2) is 0 Å². The Labute approximate surface area is 63.9 Å². The summed E-state index contributed by atoms with van der Waals surface area (Å²) in [6, 6.07) is -0.541. The molecule has 0 aromatic carbocycles. The van der Waals surface area contributed by atoms with Gasteiger partial charge in [-0.05, 0) is 0 Å². The highest BCUT2D eigenvalue weighted by molar-refractivity contribution is 5.84. The summed E-state index contributed by atoms with van der Waals surface area (Å²) >= 11 is 0. The average molecular weight is 158 g/mol. The summed E-state index contributed by atoms with van der Waals surface area (Å²) in [7, 11) is 0. The summed E-state index contributed by atoms with van der Waals surface area (Å²) in [6.07, 6.45) is 0.0127. The number of cyclic esters (lactones) is 1. The van der Waals surface area contributed by atoms with Crippen LogP contribution in [0.1, 0.15) is 6.42 Å². The van der Waals surface area contributed by atoms with Crippen LogP contribution in [0.3, 0.4) is 0 Å². The van der Waals surface area contributed by atoms with Gasteiger partial charge in [0.15, 0.2) is 0 Å². The maximum Gasteiger partial charge on any atom is 0.323 e. The molecule has 5 heteroatoms. The topological polar surface area (TPSA) is 81.4 Å². The summed E-state index contributed by atoms with van der Waals surface area (Å²) < 4.78 is 4.68. The minimum atomic E-state index is -0.541. The van der Waals surface area contributed by atoms with Crippen LogP contribution in [0, 0.1) is 0 Å². The van der Waals surface area contributed by atoms with E-state index in [1.54, 1.807) is 0 Å². The molecule has 0 spiro atoms. The normalized spacial score (nSPS) is 24.4. The van der Waals surface area contributed by atoms with Crippen molar-refractivity contribution in [1.82, 2.24) is 5.32 Å². The molecule has 1 aliphatic heterocycles. The predicted octanol–water partition coefficient (Wildman–Crippen LogP) is -1.62. The monoisotopic (exact) mass is 158 g/mol. The SMILES string of the molecule is NC(=O)CC1NCCOC1=O. The minimum absolute atomic E-state index is 0.0127. The molecule has 11 heavy (non-hydrogen) atoms. The first-order chi connectivity index (χ1) is 5.20. The van der Waals surface area contributed by atoms with Gasteiger partial charge >= 0.3 is 5.97 Å². The number of carbonyl (C=O) groups excluding carboxylic acids is 2. The van der Waals surface area contributed by atoms with Crippen LogP contribution in [0.15, 0.2) is 0 Å². The third kappa shape index (κ3) is 2.19. The van der Waals surface area contributed by atoms with Gasteiger partial charge in [-0.3, -0.25) is 9.59 Å². The van der Waals surface area contributed by atoms with Gasteiger partial charge in [0, 0.05) is 6.54 Å². The molecule has 0 radical (unpaired) electrons. The van der Waals surface area contributed by atoms with E-state index in [9.17, 15) is 9.59 Å². The molecule has 3 N–H and O–H groups in total. The van der Waals surface area contributed by atoms with Gasteiger partial charge in [0.2, 0.25) is 5.91 Å². The van der Waals surface area contributed by atoms with E-state index in [1.807, 2.05) is 0 Å². The summed E-state index contributed by atoms with van der Waals surface area (Å²) in [4.78, 5) is 21.2. The number of morpholine rings is 1. The van der Waals surface area contributed by atoms with Crippen LogP contribution >= 0.6 is 0 Å². The van der Waals surface area contributed by atoms with Crippen LogP contribution in [-0.4, -0.2) is 31.1 Å². The van der Waals surface area contributed by atoms with Crippen molar-refractivity contribution in [2.45, 2.75) is 12.5 Å². The molecule has 1 unspecified atom stereocenters. The van der Waals surface area contributed by atoms with Crippen LogP contribution < -0.4 is 11.1 Å². The molecule has 5 nitrogen and oxygen atoms in total. The predicted molar refractivity (Wildman–Crippen MR) is 36.6 cm³/mol. The molecule has 1 saturated heterocycles. The maximum atomic E-state index is 10.8. The molecule has 1 rings (SSSR count). The van der Waals surface area contributed by atoms with Crippen molar-refractivity contribution in [2.75, 3.05) is 13.2 Å². The quantitative estimate of drug-likeness (QED) is 0.473. The Hall–Kier alpha value is -1.10. The molecule has 1 heterocycles. The lowest BCUT2D eigenvalue weighted by molar-refractivity contribution is -0.150. The Morgan fingerprint density at radius 1 is 1.82 bits per heavy atom. The van der Waals surface area contributed by atoms with E-state index in [-0.39, 0.29) is 6.42 Å². The van der Waals surface area contributed by atoms with Crippen molar-refractivity contribution in [3.05, 3.63) is 0 Å². The summed E-state index contributed by atoms with van der Waals surface area (Å²) in [5.41, 5.74) is 4.90. The highest BCUT2D eigenvalue weighted by Gasteiger charge is 2.24. The first kappa shape index (κ1) is 8.00. The minimum Gasteiger partial charge on any atom is -0.463 e. The van der Waals surface area contributed by atoms with Gasteiger partial charge in [-0.1, -0.05) is 0 Å². The number of nitrogens with one attached hydrogen (secondary N) is 1. The third-order valence-electron chi connectivity index (χ3n) is 1.43. The van der Waals surface area contributed by atoms with Crippen LogP contribution in [0.25, 0.3) is 0 Å². The van der Waals surface area contributed by atoms with Crippen molar-refractivity contribution in [3.8, 4) is 0 Å². The van der Waals surface area contributed by atoms with E-state index in [4.69, 9.17) is 5.73 Å². The molecular formula is C6H10N2O3. The summed E-state index contributed by atoms with van der Waals surface area (Å²) in [5.74, 6) is -0.892. The first-order valence-electron chi connectivity index (χ1n) is 3.38. The van der Waals surface area contributed by atoms with Crippen molar-refractivity contribution in [2.24, 2.45) is 5.73 Å². The molecule has 0 saturated carbocycles. The number of rotatable bonds is 2. The largest absolute Gasteiger partial charge is 0.463 e. The lowest BCUT2D eigenvalue weighted by atomic mass is 10.2. The number of esters is 1. The van der Waals surface area contributed by atoms with E-state index < -0.39 is 17.9 Å². The number of nitrogens with two attached hydrogens (primary N) is 1. The fourth-order valence-corrected chi connectivity index (χ4v) is 0.925. The average Bonchev–Trinajstić information content (AvgIpc) is 1.93. The summed E-state index contributed by atoms with van der Waals surface area (Å²) in [5, 5.41) is 2.82. The second-order valence-corrected chi connectivity index (χ2v) is 2.34. The lowest BCUT2D eigenvalue weighted by Gasteiger charge is -2.20. The van der Waals surface area contributed by atoms with Gasteiger partial charge in [0.25, 0.3) is 0 Å². The van der Waals surface area contributed by atoms with Gasteiger partial charge in [-0.15, -0.1) is 0 Å². The van der Waals surface area contributed by atoms with Crippen LogP contribution in [0.2, 0.25) is 0 Å². The highest BCUT2D eigenvalue weighted by atomic mass is 16.5. The Morgan fingerprint density at radius 2 is 2.55 bits per heavy atom. The van der Waals surface area contributed by atoms with E-state index in [0.29, 0.717) is 13.2 Å². The zero-order valence-electron chi connectivity index (χ0n) is 6.00. The zero-order chi connectivity index (χ0) is 8.27. The Balaban J connectivity index is 2.42. The molecule has 0 aromatic heterocycles. The van der Waals surface area contributed by atoms with Crippen molar-refractivity contribution >= 4 is 11.9 Å². The maximum absolute atomic E-state index is 10.8. The lowest BCUT2D eigenvalue weighted by Crippen LogP contribution is -2.47. The van der Waals surface area contributed by atoms with Gasteiger partial charge < -0.3 is 15.8 Å². The highest BCUT2D eigenvalue weighted by Crippen LogP contribution is 1.98. The smallest absolute Gasteiger partial charge is 0.323 e. The number of amides is 1. The summed E-state index contributed by atoms with van der Waals surface area (Å²) in [6.45, 7) is 0.956. The van der Waals surface area contributed by atoms with Crippen molar-refractivity contribution in [3.63, 3.8) is 0 Å². The molecule has 0 aromatic rings. The van der Waals surface area contributed by atoms with Gasteiger partial charge in [0.05, 0.1) is 6.42 Å². The molecule has 0 bridgehead atoms. The molecule has 1 amide bonds. The van der Waals surface area contributed by atoms with E-state index >= 15 is 0 Å². The second kappa shape index (κ2) is 3.34. The standard InChI is InChI=1S/C6H10N2O3/c7-5(9)3-4-6(10)11-2-1-8-4/h4,8H,1-3H2,(H2,7,9). The zero-order valence-corrected chi connectivity index (χ0v) is 6.00. The number of carbonyl (C=O) groups is 2. The molecule has 0 aliphatic carbocycles. The fraction of sp³-hybridized carbons (Fsp3) is 0.667. The molecular weight excluding hydrogens is 148 g/mol. The van der Waals surface area contributed by atoms with E-state index in [1.165, 1.54) is 0 Å². The first-order valence-corrected chi connectivity index (χ1v) is 3.38. The fourth-order valence-electron chi connectivity index (χ4n) is 0.925. The van der Waals surface area contributed by atoms with Gasteiger partial charge in [-0.2, -0.15) is 0 Å². The van der Waals surface area contributed by atoms with Crippen LogP contribution in [-0.2, 0) is 14.3 Å².